The molecule has 0 aliphatic heterocycles. The van der Waals surface area contributed by atoms with Gasteiger partial charge in [0.1, 0.15) is 5.75 Å². The first-order valence-electron chi connectivity index (χ1n) is 9.61. The highest BCUT2D eigenvalue weighted by Crippen LogP contribution is 2.19. The van der Waals surface area contributed by atoms with Gasteiger partial charge in [-0.25, -0.2) is 17.2 Å². The summed E-state index contributed by atoms with van der Waals surface area (Å²) in [4.78, 5) is 23.9. The van der Waals surface area contributed by atoms with E-state index >= 15 is 0 Å². The molecule has 0 bridgehead atoms. The Morgan fingerprint density at radius 1 is 0.818 bits per heavy atom. The lowest BCUT2D eigenvalue weighted by atomic mass is 10.2. The fraction of sp³-hybridized carbons (Fsp3) is 0.0909. The largest absolute Gasteiger partial charge is 0.494 e. The van der Waals surface area contributed by atoms with Crippen LogP contribution in [0.3, 0.4) is 0 Å². The van der Waals surface area contributed by atoms with Crippen molar-refractivity contribution < 1.29 is 31.5 Å². The maximum Gasteiger partial charge on any atom is 0.269 e. The summed E-state index contributed by atoms with van der Waals surface area (Å²) in [6.07, 6.45) is 0. The molecule has 0 saturated heterocycles. The summed E-state index contributed by atoms with van der Waals surface area (Å²) in [5.74, 6) is -3.03. The van der Waals surface area contributed by atoms with Gasteiger partial charge >= 0.3 is 0 Å². The number of ether oxygens (including phenoxy) is 1. The van der Waals surface area contributed by atoms with Gasteiger partial charge in [-0.1, -0.05) is 0 Å². The van der Waals surface area contributed by atoms with Gasteiger partial charge in [0, 0.05) is 16.8 Å². The number of hydrogen-bond acceptors (Lipinski definition) is 5. The predicted octanol–water partition coefficient (Wildman–Crippen LogP) is 3.24. The fourth-order valence-electron chi connectivity index (χ4n) is 2.67. The third-order valence-electron chi connectivity index (χ3n) is 4.32. The predicted molar refractivity (Wildman–Crippen MR) is 116 cm³/mol. The van der Waals surface area contributed by atoms with E-state index in [-0.39, 0.29) is 11.3 Å². The van der Waals surface area contributed by atoms with E-state index in [4.69, 9.17) is 4.74 Å². The second-order valence-electron chi connectivity index (χ2n) is 6.62. The molecule has 0 radical (unpaired) electrons. The zero-order chi connectivity index (χ0) is 24.0. The average Bonchev–Trinajstić information content (AvgIpc) is 2.80. The first-order valence-corrected chi connectivity index (χ1v) is 11.1. The van der Waals surface area contributed by atoms with Crippen molar-refractivity contribution in [2.75, 3.05) is 11.3 Å². The molecule has 0 atom stereocenters. The zero-order valence-electron chi connectivity index (χ0n) is 17.3. The molecule has 8 nitrogen and oxygen atoms in total. The Hall–Kier alpha value is -3.99. The van der Waals surface area contributed by atoms with Crippen molar-refractivity contribution in [3.05, 3.63) is 89.5 Å². The van der Waals surface area contributed by atoms with Crippen LogP contribution in [0.25, 0.3) is 0 Å². The van der Waals surface area contributed by atoms with Crippen LogP contribution in [0, 0.1) is 11.6 Å². The van der Waals surface area contributed by atoms with Crippen LogP contribution in [0.1, 0.15) is 27.6 Å². The summed E-state index contributed by atoms with van der Waals surface area (Å²) in [7, 11) is -4.17. The van der Waals surface area contributed by atoms with Crippen molar-refractivity contribution in [1.82, 2.24) is 10.9 Å². The minimum absolute atomic E-state index is 0.0923. The summed E-state index contributed by atoms with van der Waals surface area (Å²) < 4.78 is 58.5. The molecule has 3 N–H and O–H groups in total. The van der Waals surface area contributed by atoms with Gasteiger partial charge in [-0.15, -0.1) is 0 Å². The van der Waals surface area contributed by atoms with Gasteiger partial charge in [0.2, 0.25) is 0 Å². The van der Waals surface area contributed by atoms with Gasteiger partial charge in [-0.3, -0.25) is 25.2 Å². The van der Waals surface area contributed by atoms with E-state index in [1.807, 2.05) is 6.92 Å². The van der Waals surface area contributed by atoms with E-state index in [9.17, 15) is 26.8 Å². The molecule has 2 amide bonds. The highest BCUT2D eigenvalue weighted by Gasteiger charge is 2.17. The lowest BCUT2D eigenvalue weighted by Crippen LogP contribution is -2.41. The monoisotopic (exact) mass is 475 g/mol. The summed E-state index contributed by atoms with van der Waals surface area (Å²) in [5.41, 5.74) is 5.07. The van der Waals surface area contributed by atoms with Crippen molar-refractivity contribution >= 4 is 27.5 Å². The molecule has 11 heteroatoms. The standard InChI is InChI=1S/C22H19F2N3O5S/c1-2-32-17-9-5-15(6-10-17)22(29)26-25-21(28)14-3-7-16(8-4-14)27-33(30,31)18-11-12-19(23)20(24)13-18/h3-13,27H,2H2,1H3,(H,25,28)(H,26,29). The molecular formula is C22H19F2N3O5S. The molecule has 0 heterocycles. The average molecular weight is 475 g/mol. The fourth-order valence-corrected chi connectivity index (χ4v) is 3.74. The van der Waals surface area contributed by atoms with Crippen LogP contribution in [0.5, 0.6) is 5.75 Å². The number of rotatable bonds is 7. The normalized spacial score (nSPS) is 10.9. The Balaban J connectivity index is 1.59. The van der Waals surface area contributed by atoms with Gasteiger partial charge in [0.05, 0.1) is 11.5 Å². The van der Waals surface area contributed by atoms with Crippen LogP contribution < -0.4 is 20.3 Å². The van der Waals surface area contributed by atoms with Crippen molar-refractivity contribution in [3.8, 4) is 5.75 Å². The van der Waals surface area contributed by atoms with Gasteiger partial charge in [-0.2, -0.15) is 0 Å². The summed E-state index contributed by atoms with van der Waals surface area (Å²) >= 11 is 0. The number of carbonyl (C=O) groups is 2. The topological polar surface area (TPSA) is 114 Å². The number of amides is 2. The highest BCUT2D eigenvalue weighted by molar-refractivity contribution is 7.92. The third kappa shape index (κ3) is 6.04. The third-order valence-corrected chi connectivity index (χ3v) is 5.70. The molecule has 0 spiro atoms. The molecule has 0 saturated carbocycles. The van der Waals surface area contributed by atoms with E-state index < -0.39 is 38.4 Å². The maximum atomic E-state index is 13.3. The number of halogens is 2. The molecule has 0 unspecified atom stereocenters. The number of sulfonamides is 1. The van der Waals surface area contributed by atoms with Crippen LogP contribution in [-0.2, 0) is 10.0 Å². The van der Waals surface area contributed by atoms with Crippen LogP contribution in [0.2, 0.25) is 0 Å². The maximum absolute atomic E-state index is 13.3. The Bertz CT molecular complexity index is 1260. The van der Waals surface area contributed by atoms with Crippen molar-refractivity contribution in [2.24, 2.45) is 0 Å². The SMILES string of the molecule is CCOc1ccc(C(=O)NNC(=O)c2ccc(NS(=O)(=O)c3ccc(F)c(F)c3)cc2)cc1. The molecule has 172 valence electrons. The molecule has 0 aliphatic carbocycles. The van der Waals surface area contributed by atoms with E-state index in [0.29, 0.717) is 30.1 Å². The minimum atomic E-state index is -4.17. The number of benzene rings is 3. The summed E-state index contributed by atoms with van der Waals surface area (Å²) in [6, 6.07) is 13.8. The second-order valence-corrected chi connectivity index (χ2v) is 8.31. The summed E-state index contributed by atoms with van der Waals surface area (Å²) in [5, 5.41) is 0. The number of anilines is 1. The Morgan fingerprint density at radius 3 is 1.88 bits per heavy atom. The lowest BCUT2D eigenvalue weighted by molar-refractivity contribution is 0.0846. The van der Waals surface area contributed by atoms with E-state index in [1.165, 1.54) is 24.3 Å². The first kappa shape index (κ1) is 23.7. The molecule has 3 rings (SSSR count). The van der Waals surface area contributed by atoms with Gasteiger partial charge < -0.3 is 4.74 Å². The van der Waals surface area contributed by atoms with Crippen molar-refractivity contribution in [1.29, 1.82) is 0 Å². The Labute approximate surface area is 188 Å². The Kier molecular flexibility index (Phi) is 7.23. The van der Waals surface area contributed by atoms with Crippen LogP contribution in [0.15, 0.2) is 71.6 Å². The number of hydrazine groups is 1. The highest BCUT2D eigenvalue weighted by atomic mass is 32.2. The quantitative estimate of drug-likeness (QED) is 0.454. The number of carbonyl (C=O) groups excluding carboxylic acids is 2. The van der Waals surface area contributed by atoms with E-state index in [1.54, 1.807) is 24.3 Å². The van der Waals surface area contributed by atoms with Crippen molar-refractivity contribution in [3.63, 3.8) is 0 Å². The molecule has 0 aliphatic rings. The molecule has 0 fully saturated rings. The molecule has 3 aromatic carbocycles. The van der Waals surface area contributed by atoms with Crippen LogP contribution in [0.4, 0.5) is 14.5 Å². The van der Waals surface area contributed by atoms with Gasteiger partial charge in [0.25, 0.3) is 21.8 Å². The smallest absolute Gasteiger partial charge is 0.269 e. The van der Waals surface area contributed by atoms with Gasteiger partial charge in [-0.05, 0) is 73.7 Å². The summed E-state index contributed by atoms with van der Waals surface area (Å²) in [6.45, 7) is 2.33. The molecule has 33 heavy (non-hydrogen) atoms. The Morgan fingerprint density at radius 2 is 1.36 bits per heavy atom. The van der Waals surface area contributed by atoms with Gasteiger partial charge in [0.15, 0.2) is 11.6 Å². The van der Waals surface area contributed by atoms with Crippen molar-refractivity contribution in [2.45, 2.75) is 11.8 Å². The van der Waals surface area contributed by atoms with E-state index in [2.05, 4.69) is 15.6 Å². The lowest BCUT2D eigenvalue weighted by Gasteiger charge is -2.10. The number of nitrogens with one attached hydrogen (secondary N) is 3. The molecular weight excluding hydrogens is 456 g/mol. The van der Waals surface area contributed by atoms with Crippen LogP contribution in [-0.4, -0.2) is 26.8 Å². The number of hydrogen-bond donors (Lipinski definition) is 3. The second kappa shape index (κ2) is 10.1. The molecule has 3 aromatic rings. The van der Waals surface area contributed by atoms with Crippen LogP contribution >= 0.6 is 0 Å². The zero-order valence-corrected chi connectivity index (χ0v) is 18.1. The van der Waals surface area contributed by atoms with E-state index in [0.717, 1.165) is 6.07 Å². The minimum Gasteiger partial charge on any atom is -0.494 e. The molecule has 0 aromatic heterocycles. The first-order chi connectivity index (χ1) is 15.7.